The molecule has 23 heavy (non-hydrogen) atoms. The van der Waals surface area contributed by atoms with Crippen LogP contribution >= 0.6 is 0 Å². The topological polar surface area (TPSA) is 59.1 Å². The average molecular weight is 344 g/mol. The number of pyridine rings is 1. The van der Waals surface area contributed by atoms with Gasteiger partial charge in [-0.25, -0.2) is 13.4 Å². The van der Waals surface area contributed by atoms with E-state index >= 15 is 0 Å². The first-order chi connectivity index (χ1) is 10.6. The first kappa shape index (κ1) is 17.3. The highest BCUT2D eigenvalue weighted by Crippen LogP contribution is 2.29. The van der Waals surface area contributed by atoms with Crippen molar-refractivity contribution in [2.24, 2.45) is 0 Å². The van der Waals surface area contributed by atoms with E-state index in [0.29, 0.717) is 6.20 Å². The maximum atomic E-state index is 12.4. The highest BCUT2D eigenvalue weighted by molar-refractivity contribution is 7.92. The molecule has 2 aromatic rings. The van der Waals surface area contributed by atoms with Crippen LogP contribution in [0.25, 0.3) is 0 Å². The van der Waals surface area contributed by atoms with Crippen molar-refractivity contribution in [3.05, 3.63) is 53.7 Å². The van der Waals surface area contributed by atoms with E-state index in [1.54, 1.807) is 12.1 Å². The van der Waals surface area contributed by atoms with Gasteiger partial charge in [-0.3, -0.25) is 4.72 Å². The van der Waals surface area contributed by atoms with Crippen molar-refractivity contribution < 1.29 is 21.6 Å². The van der Waals surface area contributed by atoms with Crippen molar-refractivity contribution in [1.29, 1.82) is 0 Å². The average Bonchev–Trinajstić information content (AvgIpc) is 2.46. The Labute approximate surface area is 132 Å². The zero-order valence-electron chi connectivity index (χ0n) is 12.4. The van der Waals surface area contributed by atoms with E-state index in [4.69, 9.17) is 0 Å². The van der Waals surface area contributed by atoms with Crippen LogP contribution in [0.15, 0.2) is 47.5 Å². The lowest BCUT2D eigenvalue weighted by molar-refractivity contribution is -0.137. The van der Waals surface area contributed by atoms with Crippen molar-refractivity contribution in [3.63, 3.8) is 0 Å². The van der Waals surface area contributed by atoms with E-state index in [2.05, 4.69) is 9.71 Å². The summed E-state index contributed by atoms with van der Waals surface area (Å²) in [7, 11) is -3.90. The van der Waals surface area contributed by atoms with E-state index in [-0.39, 0.29) is 16.6 Å². The molecule has 0 unspecified atom stereocenters. The highest BCUT2D eigenvalue weighted by atomic mass is 32.2. The van der Waals surface area contributed by atoms with Crippen molar-refractivity contribution in [1.82, 2.24) is 4.98 Å². The quantitative estimate of drug-likeness (QED) is 0.911. The number of rotatable bonds is 4. The van der Waals surface area contributed by atoms with Crippen LogP contribution in [0.4, 0.5) is 19.0 Å². The maximum absolute atomic E-state index is 12.4. The molecular weight excluding hydrogens is 329 g/mol. The molecule has 1 heterocycles. The maximum Gasteiger partial charge on any atom is 0.417 e. The molecule has 8 heteroatoms. The molecule has 0 saturated carbocycles. The van der Waals surface area contributed by atoms with Gasteiger partial charge in [0.25, 0.3) is 10.0 Å². The number of alkyl halides is 3. The van der Waals surface area contributed by atoms with Crippen LogP contribution in [0.1, 0.15) is 30.9 Å². The number of hydrogen-bond acceptors (Lipinski definition) is 3. The monoisotopic (exact) mass is 344 g/mol. The standard InChI is InChI=1S/C15H15F3N2O2S/c1-10(2)11-3-6-13(7-4-11)23(21,22)20-14-8-5-12(9-19-14)15(16,17)18/h3-10H,1-2H3,(H,19,20). The van der Waals surface area contributed by atoms with Gasteiger partial charge in [-0.15, -0.1) is 0 Å². The second-order valence-electron chi connectivity index (χ2n) is 5.26. The Morgan fingerprint density at radius 2 is 1.65 bits per heavy atom. The fraction of sp³-hybridized carbons (Fsp3) is 0.267. The molecule has 4 nitrogen and oxygen atoms in total. The normalized spacial score (nSPS) is 12.4. The van der Waals surface area contributed by atoms with Crippen molar-refractivity contribution >= 4 is 15.8 Å². The zero-order valence-corrected chi connectivity index (χ0v) is 13.2. The summed E-state index contributed by atoms with van der Waals surface area (Å²) in [5.41, 5.74) is 0.0401. The van der Waals surface area contributed by atoms with E-state index in [1.165, 1.54) is 12.1 Å². The van der Waals surface area contributed by atoms with Crippen LogP contribution in [-0.4, -0.2) is 13.4 Å². The fourth-order valence-electron chi connectivity index (χ4n) is 1.85. The summed E-state index contributed by atoms with van der Waals surface area (Å²) in [6.45, 7) is 3.96. The Morgan fingerprint density at radius 3 is 2.09 bits per heavy atom. The first-order valence-corrected chi connectivity index (χ1v) is 8.24. The summed E-state index contributed by atoms with van der Waals surface area (Å²) in [4.78, 5) is 3.51. The molecule has 0 aliphatic heterocycles. The molecular formula is C15H15F3N2O2S. The zero-order chi connectivity index (χ0) is 17.3. The van der Waals surface area contributed by atoms with E-state index in [1.807, 2.05) is 13.8 Å². The Hall–Kier alpha value is -2.09. The molecule has 1 aromatic heterocycles. The lowest BCUT2D eigenvalue weighted by atomic mass is 10.0. The molecule has 0 fully saturated rings. The molecule has 0 amide bonds. The van der Waals surface area contributed by atoms with Crippen molar-refractivity contribution in [3.8, 4) is 0 Å². The molecule has 0 radical (unpaired) electrons. The predicted octanol–water partition coefficient (Wildman–Crippen LogP) is 4.02. The van der Waals surface area contributed by atoms with Gasteiger partial charge in [0.15, 0.2) is 0 Å². The molecule has 0 saturated heterocycles. The summed E-state index contributed by atoms with van der Waals surface area (Å²) >= 11 is 0. The molecule has 124 valence electrons. The lowest BCUT2D eigenvalue weighted by Crippen LogP contribution is -2.14. The van der Waals surface area contributed by atoms with Gasteiger partial charge in [-0.05, 0) is 35.7 Å². The largest absolute Gasteiger partial charge is 0.417 e. The number of nitrogens with one attached hydrogen (secondary N) is 1. The Kier molecular flexibility index (Phi) is 4.65. The van der Waals surface area contributed by atoms with Gasteiger partial charge < -0.3 is 0 Å². The Bertz CT molecular complexity index is 768. The van der Waals surface area contributed by atoms with Crippen LogP contribution in [-0.2, 0) is 16.2 Å². The van der Waals surface area contributed by atoms with Gasteiger partial charge in [-0.1, -0.05) is 26.0 Å². The van der Waals surface area contributed by atoms with Gasteiger partial charge in [0.1, 0.15) is 5.82 Å². The molecule has 1 aromatic carbocycles. The third-order valence-electron chi connectivity index (χ3n) is 3.19. The van der Waals surface area contributed by atoms with Gasteiger partial charge in [0, 0.05) is 6.20 Å². The lowest BCUT2D eigenvalue weighted by Gasteiger charge is -2.10. The summed E-state index contributed by atoms with van der Waals surface area (Å²) in [5, 5.41) is 0. The SMILES string of the molecule is CC(C)c1ccc(S(=O)(=O)Nc2ccc(C(F)(F)F)cn2)cc1. The number of anilines is 1. The minimum atomic E-state index is -4.52. The third kappa shape index (κ3) is 4.22. The number of sulfonamides is 1. The van der Waals surface area contributed by atoms with E-state index in [0.717, 1.165) is 17.7 Å². The number of nitrogens with zero attached hydrogens (tertiary/aromatic N) is 1. The predicted molar refractivity (Wildman–Crippen MR) is 80.6 cm³/mol. The van der Waals surface area contributed by atoms with Crippen LogP contribution in [0, 0.1) is 0 Å². The molecule has 1 N–H and O–H groups in total. The Morgan fingerprint density at radius 1 is 1.04 bits per heavy atom. The summed E-state index contributed by atoms with van der Waals surface area (Å²) < 4.78 is 63.9. The number of aromatic nitrogens is 1. The number of hydrogen-bond donors (Lipinski definition) is 1. The second kappa shape index (κ2) is 6.19. The summed E-state index contributed by atoms with van der Waals surface area (Å²) in [5.74, 6) is 0.0854. The summed E-state index contributed by atoms with van der Waals surface area (Å²) in [6, 6.07) is 8.03. The van der Waals surface area contributed by atoms with E-state index < -0.39 is 21.8 Å². The van der Waals surface area contributed by atoms with Crippen LogP contribution < -0.4 is 4.72 Å². The molecule has 0 aliphatic rings. The third-order valence-corrected chi connectivity index (χ3v) is 4.56. The summed E-state index contributed by atoms with van der Waals surface area (Å²) in [6.07, 6.45) is -3.93. The van der Waals surface area contributed by atoms with Crippen molar-refractivity contribution in [2.75, 3.05) is 4.72 Å². The molecule has 0 bridgehead atoms. The van der Waals surface area contributed by atoms with Crippen LogP contribution in [0.3, 0.4) is 0 Å². The van der Waals surface area contributed by atoms with Crippen molar-refractivity contribution in [2.45, 2.75) is 30.8 Å². The van der Waals surface area contributed by atoms with Crippen LogP contribution in [0.2, 0.25) is 0 Å². The van der Waals surface area contributed by atoms with E-state index in [9.17, 15) is 21.6 Å². The molecule has 0 atom stereocenters. The molecule has 2 rings (SSSR count). The minimum absolute atomic E-state index is 0.0172. The smallest absolute Gasteiger partial charge is 0.263 e. The van der Waals surface area contributed by atoms with Gasteiger partial charge >= 0.3 is 6.18 Å². The highest BCUT2D eigenvalue weighted by Gasteiger charge is 2.30. The van der Waals surface area contributed by atoms with Crippen LogP contribution in [0.5, 0.6) is 0 Å². The van der Waals surface area contributed by atoms with Gasteiger partial charge in [-0.2, -0.15) is 13.2 Å². The van der Waals surface area contributed by atoms with Gasteiger partial charge in [0.2, 0.25) is 0 Å². The minimum Gasteiger partial charge on any atom is -0.263 e. The number of halogens is 3. The first-order valence-electron chi connectivity index (χ1n) is 6.75. The Balaban J connectivity index is 2.21. The molecule has 0 spiro atoms. The fourth-order valence-corrected chi connectivity index (χ4v) is 2.86. The van der Waals surface area contributed by atoms with Gasteiger partial charge in [0.05, 0.1) is 10.5 Å². The molecule has 0 aliphatic carbocycles. The second-order valence-corrected chi connectivity index (χ2v) is 6.94. The number of benzene rings is 1.